The van der Waals surface area contributed by atoms with Crippen LogP contribution in [0, 0.1) is 6.92 Å². The van der Waals surface area contributed by atoms with Gasteiger partial charge in [0.15, 0.2) is 0 Å². The molecule has 0 radical (unpaired) electrons. The first kappa shape index (κ1) is 13.0. The van der Waals surface area contributed by atoms with Crippen LogP contribution in [0.15, 0.2) is 37.4 Å². The minimum absolute atomic E-state index is 0.0185. The van der Waals surface area contributed by atoms with Crippen molar-refractivity contribution in [3.63, 3.8) is 0 Å². The molecule has 0 unspecified atom stereocenters. The van der Waals surface area contributed by atoms with E-state index in [1.807, 2.05) is 25.1 Å². The number of benzene rings is 2. The highest BCUT2D eigenvalue weighted by molar-refractivity contribution is 6.31. The molecule has 5 aromatic rings. The van der Waals surface area contributed by atoms with Crippen molar-refractivity contribution >= 4 is 43.4 Å². The summed E-state index contributed by atoms with van der Waals surface area (Å²) < 4.78 is 0. The fourth-order valence-corrected chi connectivity index (χ4v) is 3.73. The second-order valence-corrected chi connectivity index (χ2v) is 5.94. The number of aryl methyl sites for hydroxylation is 1. The van der Waals surface area contributed by atoms with Gasteiger partial charge < -0.3 is 4.98 Å². The molecule has 0 aliphatic rings. The fourth-order valence-electron chi connectivity index (χ4n) is 3.73. The highest BCUT2D eigenvalue weighted by Gasteiger charge is 2.24. The summed E-state index contributed by atoms with van der Waals surface area (Å²) in [5, 5.41) is 1.49. The Kier molecular flexibility index (Phi) is 2.10. The minimum Gasteiger partial charge on any atom is -0.354 e. The lowest BCUT2D eigenvalue weighted by Crippen LogP contribution is -2.08. The average molecular weight is 319 g/mol. The number of aromatic amines is 3. The Hall–Kier alpha value is -3.48. The van der Waals surface area contributed by atoms with E-state index in [0.717, 1.165) is 16.5 Å². The van der Waals surface area contributed by atoms with Gasteiger partial charge in [0.05, 0.1) is 27.1 Å². The molecule has 0 bridgehead atoms. The van der Waals surface area contributed by atoms with E-state index >= 15 is 0 Å². The van der Waals surface area contributed by atoms with E-state index < -0.39 is 22.2 Å². The van der Waals surface area contributed by atoms with Gasteiger partial charge in [-0.2, -0.15) is 0 Å². The third-order valence-electron chi connectivity index (χ3n) is 4.64. The molecule has 0 aliphatic heterocycles. The maximum Gasteiger partial charge on any atom is 0.261 e. The van der Waals surface area contributed by atoms with Crippen molar-refractivity contribution in [1.82, 2.24) is 15.0 Å². The van der Waals surface area contributed by atoms with E-state index in [1.165, 1.54) is 0 Å². The van der Waals surface area contributed by atoms with Crippen molar-refractivity contribution in [2.45, 2.75) is 6.92 Å². The second kappa shape index (κ2) is 3.88. The summed E-state index contributed by atoms with van der Waals surface area (Å²) in [4.78, 5) is 56.6. The van der Waals surface area contributed by atoms with Crippen LogP contribution in [0.5, 0.6) is 0 Å². The number of rotatable bonds is 0. The van der Waals surface area contributed by atoms with Crippen molar-refractivity contribution in [3.05, 3.63) is 65.2 Å². The van der Waals surface area contributed by atoms with Gasteiger partial charge in [-0.25, -0.2) is 0 Å². The van der Waals surface area contributed by atoms with Crippen LogP contribution in [0.2, 0.25) is 0 Å². The molecular formula is C17H9N3O4. The summed E-state index contributed by atoms with van der Waals surface area (Å²) in [6.07, 6.45) is 0. The van der Waals surface area contributed by atoms with Crippen LogP contribution >= 0.6 is 0 Å². The quantitative estimate of drug-likeness (QED) is 0.393. The predicted octanol–water partition coefficient (Wildman–Crippen LogP) is 0.909. The molecule has 2 aromatic carbocycles. The van der Waals surface area contributed by atoms with Gasteiger partial charge in [-0.1, -0.05) is 12.1 Å². The number of aromatic nitrogens is 3. The Morgan fingerprint density at radius 1 is 0.625 bits per heavy atom. The second-order valence-electron chi connectivity index (χ2n) is 5.94. The molecule has 0 fully saturated rings. The van der Waals surface area contributed by atoms with E-state index in [2.05, 4.69) is 15.0 Å². The van der Waals surface area contributed by atoms with Gasteiger partial charge in [-0.15, -0.1) is 0 Å². The summed E-state index contributed by atoms with van der Waals surface area (Å²) in [6.45, 7) is 1.88. The van der Waals surface area contributed by atoms with Crippen molar-refractivity contribution in [3.8, 4) is 0 Å². The van der Waals surface area contributed by atoms with E-state index in [0.29, 0.717) is 10.9 Å². The first-order valence-corrected chi connectivity index (χ1v) is 7.31. The van der Waals surface area contributed by atoms with Gasteiger partial charge in [0.1, 0.15) is 0 Å². The molecule has 0 aliphatic carbocycles. The molecule has 3 aromatic heterocycles. The Balaban J connectivity index is 2.41. The van der Waals surface area contributed by atoms with Crippen molar-refractivity contribution in [2.75, 3.05) is 0 Å². The largest absolute Gasteiger partial charge is 0.354 e. The number of hydrogen-bond acceptors (Lipinski definition) is 4. The lowest BCUT2D eigenvalue weighted by molar-refractivity contribution is 1.26. The fraction of sp³-hybridized carbons (Fsp3) is 0.0588. The summed E-state index contributed by atoms with van der Waals surface area (Å²) >= 11 is 0. The molecule has 5 rings (SSSR count). The maximum atomic E-state index is 12.4. The molecule has 0 saturated carbocycles. The minimum atomic E-state index is -0.659. The van der Waals surface area contributed by atoms with E-state index in [1.54, 1.807) is 0 Å². The van der Waals surface area contributed by atoms with E-state index in [9.17, 15) is 19.2 Å². The lowest BCUT2D eigenvalue weighted by atomic mass is 10.0. The predicted molar refractivity (Wildman–Crippen MR) is 91.7 cm³/mol. The first-order chi connectivity index (χ1) is 11.5. The standard InChI is InChI=1S/C17H9N3O4/c1-5-3-2-4-6-7(5)8-9-10(15(22)19-14(9)21)11-12(13(8)18-6)17(24)20-16(11)23/h2-4,18H,1H3,(H,19,21,22)(H,20,23,24). The Morgan fingerprint density at radius 3 is 1.83 bits per heavy atom. The van der Waals surface area contributed by atoms with Crippen molar-refractivity contribution in [1.29, 1.82) is 0 Å². The summed E-state index contributed by atoms with van der Waals surface area (Å²) in [6, 6.07) is 5.56. The van der Waals surface area contributed by atoms with Crippen LogP contribution in [0.4, 0.5) is 0 Å². The normalized spacial score (nSPS) is 12.2. The molecule has 0 saturated heterocycles. The number of H-pyrrole nitrogens is 3. The average Bonchev–Trinajstić information content (AvgIpc) is 3.13. The van der Waals surface area contributed by atoms with Gasteiger partial charge >= 0.3 is 0 Å². The van der Waals surface area contributed by atoms with Crippen LogP contribution in [-0.4, -0.2) is 15.0 Å². The first-order valence-electron chi connectivity index (χ1n) is 7.31. The van der Waals surface area contributed by atoms with Crippen LogP contribution < -0.4 is 22.2 Å². The Labute approximate surface area is 131 Å². The summed E-state index contributed by atoms with van der Waals surface area (Å²) in [5.74, 6) is 0. The molecule has 0 spiro atoms. The number of nitrogens with one attached hydrogen (secondary N) is 3. The van der Waals surface area contributed by atoms with E-state index in [4.69, 9.17) is 0 Å². The van der Waals surface area contributed by atoms with Crippen LogP contribution in [0.25, 0.3) is 43.4 Å². The lowest BCUT2D eigenvalue weighted by Gasteiger charge is -1.98. The van der Waals surface area contributed by atoms with Crippen molar-refractivity contribution < 1.29 is 0 Å². The Morgan fingerprint density at radius 2 is 1.17 bits per heavy atom. The zero-order chi connectivity index (χ0) is 16.7. The van der Waals surface area contributed by atoms with E-state index in [-0.39, 0.29) is 21.5 Å². The highest BCUT2D eigenvalue weighted by atomic mass is 16.2. The molecule has 0 amide bonds. The SMILES string of the molecule is Cc1cccc2[nH]c3c4c(=O)[nH]c(=O)c4c4c(=O)[nH]c(=O)c4c3c12. The maximum absolute atomic E-state index is 12.4. The van der Waals surface area contributed by atoms with Gasteiger partial charge in [0.2, 0.25) is 0 Å². The van der Waals surface area contributed by atoms with Gasteiger partial charge in [-0.3, -0.25) is 29.1 Å². The van der Waals surface area contributed by atoms with Crippen LogP contribution in [-0.2, 0) is 0 Å². The molecule has 7 nitrogen and oxygen atoms in total. The van der Waals surface area contributed by atoms with Crippen LogP contribution in [0.1, 0.15) is 5.56 Å². The van der Waals surface area contributed by atoms with Gasteiger partial charge in [-0.05, 0) is 18.6 Å². The van der Waals surface area contributed by atoms with Gasteiger partial charge in [0, 0.05) is 16.3 Å². The van der Waals surface area contributed by atoms with Crippen molar-refractivity contribution in [2.24, 2.45) is 0 Å². The third kappa shape index (κ3) is 1.28. The molecule has 3 heterocycles. The van der Waals surface area contributed by atoms with Crippen LogP contribution in [0.3, 0.4) is 0 Å². The monoisotopic (exact) mass is 319 g/mol. The zero-order valence-corrected chi connectivity index (χ0v) is 12.4. The molecule has 24 heavy (non-hydrogen) atoms. The zero-order valence-electron chi connectivity index (χ0n) is 12.4. The molecular weight excluding hydrogens is 310 g/mol. The third-order valence-corrected chi connectivity index (χ3v) is 4.64. The smallest absolute Gasteiger partial charge is 0.261 e. The highest BCUT2D eigenvalue weighted by Crippen LogP contribution is 2.35. The number of hydrogen-bond donors (Lipinski definition) is 3. The molecule has 0 atom stereocenters. The Bertz CT molecular complexity index is 1540. The molecule has 3 N–H and O–H groups in total. The summed E-state index contributed by atoms with van der Waals surface area (Å²) in [7, 11) is 0. The van der Waals surface area contributed by atoms with Gasteiger partial charge in [0.25, 0.3) is 22.2 Å². The molecule has 116 valence electrons. The summed E-state index contributed by atoms with van der Waals surface area (Å²) in [5.41, 5.74) is -0.397. The topological polar surface area (TPSA) is 116 Å². The number of fused-ring (bicyclic) bond motifs is 8. The molecule has 7 heteroatoms.